The van der Waals surface area contributed by atoms with Crippen LogP contribution >= 0.6 is 0 Å². The van der Waals surface area contributed by atoms with E-state index in [1.807, 2.05) is 6.92 Å². The van der Waals surface area contributed by atoms with Crippen molar-refractivity contribution in [3.63, 3.8) is 0 Å². The second kappa shape index (κ2) is 28.1. The van der Waals surface area contributed by atoms with Gasteiger partial charge in [-0.15, -0.1) is 0 Å². The fourth-order valence-electron chi connectivity index (χ4n) is 2.99. The van der Waals surface area contributed by atoms with Gasteiger partial charge in [0.15, 0.2) is 0 Å². The molecule has 244 valence electrons. The highest BCUT2D eigenvalue weighted by molar-refractivity contribution is 7.86. The summed E-state index contributed by atoms with van der Waals surface area (Å²) in [6.45, 7) is 8.82. The van der Waals surface area contributed by atoms with Crippen molar-refractivity contribution in [2.75, 3.05) is 119 Å². The van der Waals surface area contributed by atoms with Crippen LogP contribution in [0.15, 0.2) is 35.2 Å². The summed E-state index contributed by atoms with van der Waals surface area (Å²) in [5.41, 5.74) is 0. The maximum atomic E-state index is 11.9. The number of hydrogen-bond acceptors (Lipinski definition) is 13. The lowest BCUT2D eigenvalue weighted by Crippen LogP contribution is -2.16. The molecule has 1 rings (SSSR count). The fourth-order valence-corrected chi connectivity index (χ4v) is 3.90. The largest absolute Gasteiger partial charge is 0.463 e. The van der Waals surface area contributed by atoms with Crippen LogP contribution in [0, 0.1) is 0 Å². The summed E-state index contributed by atoms with van der Waals surface area (Å²) < 4.78 is 76.9. The molecule has 42 heavy (non-hydrogen) atoms. The van der Waals surface area contributed by atoms with Gasteiger partial charge in [0, 0.05) is 6.42 Å². The summed E-state index contributed by atoms with van der Waals surface area (Å²) in [5.74, 6) is -0.196. The lowest BCUT2D eigenvalue weighted by molar-refractivity contribution is -0.145. The molecule has 0 saturated carbocycles. The monoisotopic (exact) mass is 624 g/mol. The molecule has 13 nitrogen and oxygen atoms in total. The van der Waals surface area contributed by atoms with Crippen LogP contribution in [0.3, 0.4) is 0 Å². The lowest BCUT2D eigenvalue weighted by Gasteiger charge is -2.09. The van der Waals surface area contributed by atoms with E-state index in [2.05, 4.69) is 0 Å². The Balaban J connectivity index is 1.69. The zero-order chi connectivity index (χ0) is 30.4. The zero-order valence-corrected chi connectivity index (χ0v) is 25.6. The molecule has 0 radical (unpaired) electrons. The van der Waals surface area contributed by atoms with Crippen molar-refractivity contribution in [1.82, 2.24) is 0 Å². The first-order valence-electron chi connectivity index (χ1n) is 14.3. The molecule has 0 amide bonds. The van der Waals surface area contributed by atoms with E-state index < -0.39 is 10.1 Å². The molecule has 0 aliphatic heterocycles. The minimum atomic E-state index is -3.76. The Kier molecular flexibility index (Phi) is 25.6. The van der Waals surface area contributed by atoms with Gasteiger partial charge in [-0.1, -0.05) is 25.1 Å². The molecule has 0 atom stereocenters. The molecule has 0 N–H and O–H groups in total. The third-order valence-corrected chi connectivity index (χ3v) is 6.37. The molecule has 1 aromatic carbocycles. The smallest absolute Gasteiger partial charge is 0.305 e. The number of carbonyl (C=O) groups is 1. The molecule has 0 spiro atoms. The third-order valence-electron chi connectivity index (χ3n) is 5.05. The first-order chi connectivity index (χ1) is 20.6. The molecule has 14 heteroatoms. The number of ether oxygens (including phenoxy) is 9. The van der Waals surface area contributed by atoms with E-state index in [0.29, 0.717) is 106 Å². The first-order valence-corrected chi connectivity index (χ1v) is 15.7. The molecule has 0 aliphatic carbocycles. The Morgan fingerprint density at radius 1 is 0.524 bits per heavy atom. The van der Waals surface area contributed by atoms with E-state index in [1.165, 1.54) is 12.1 Å². The van der Waals surface area contributed by atoms with Gasteiger partial charge in [0.2, 0.25) is 0 Å². The Labute approximate surface area is 250 Å². The van der Waals surface area contributed by atoms with Gasteiger partial charge < -0.3 is 42.6 Å². The predicted octanol–water partition coefficient (Wildman–Crippen LogP) is 1.87. The van der Waals surface area contributed by atoms with Crippen LogP contribution in [0.25, 0.3) is 0 Å². The van der Waals surface area contributed by atoms with Crippen molar-refractivity contribution >= 4 is 16.1 Å². The highest BCUT2D eigenvalue weighted by atomic mass is 32.2. The maximum Gasteiger partial charge on any atom is 0.305 e. The van der Waals surface area contributed by atoms with Gasteiger partial charge in [-0.2, -0.15) is 8.42 Å². The van der Waals surface area contributed by atoms with Gasteiger partial charge >= 0.3 is 5.97 Å². The summed E-state index contributed by atoms with van der Waals surface area (Å²) in [6, 6.07) is 7.96. The first kappa shape index (κ1) is 38.3. The molecule has 0 aromatic heterocycles. The number of hydrogen-bond donors (Lipinski definition) is 0. The Morgan fingerprint density at radius 3 is 1.21 bits per heavy atom. The molecular formula is C28H48O13S. The van der Waals surface area contributed by atoms with Crippen molar-refractivity contribution in [3.05, 3.63) is 30.3 Å². The highest BCUT2D eigenvalue weighted by Gasteiger charge is 2.13. The van der Waals surface area contributed by atoms with Crippen LogP contribution < -0.4 is 0 Å². The van der Waals surface area contributed by atoms with E-state index in [1.54, 1.807) is 18.2 Å². The molecular weight excluding hydrogens is 576 g/mol. The normalized spacial score (nSPS) is 11.6. The van der Waals surface area contributed by atoms with E-state index in [0.717, 1.165) is 6.42 Å². The van der Waals surface area contributed by atoms with Gasteiger partial charge in [-0.05, 0) is 18.6 Å². The molecule has 0 unspecified atom stereocenters. The van der Waals surface area contributed by atoms with Gasteiger partial charge in [-0.3, -0.25) is 8.98 Å². The van der Waals surface area contributed by atoms with Gasteiger partial charge in [0.1, 0.15) is 6.61 Å². The summed E-state index contributed by atoms with van der Waals surface area (Å²) in [6.07, 6.45) is 1.21. The number of benzene rings is 1. The third kappa shape index (κ3) is 23.8. The van der Waals surface area contributed by atoms with Crippen molar-refractivity contribution in [2.45, 2.75) is 24.7 Å². The second-order valence-electron chi connectivity index (χ2n) is 8.46. The minimum Gasteiger partial charge on any atom is -0.463 e. The standard InChI is InChI=1S/C28H48O13S/c1-2-6-28(29)40-25-23-38-21-19-36-17-15-34-13-11-32-9-10-33-12-14-35-16-18-37-20-22-39-24-26-41-42(30,31)27-7-4-3-5-8-27/h3-5,7-8H,2,6,9-26H2,1H3. The van der Waals surface area contributed by atoms with Gasteiger partial charge in [0.05, 0.1) is 117 Å². The van der Waals surface area contributed by atoms with E-state index in [4.69, 9.17) is 46.8 Å². The van der Waals surface area contributed by atoms with E-state index in [-0.39, 0.29) is 30.7 Å². The van der Waals surface area contributed by atoms with Gasteiger partial charge in [0.25, 0.3) is 10.1 Å². The minimum absolute atomic E-state index is 0.0605. The Bertz CT molecular complexity index is 839. The number of rotatable bonds is 31. The van der Waals surface area contributed by atoms with Gasteiger partial charge in [-0.25, -0.2) is 0 Å². The van der Waals surface area contributed by atoms with Crippen molar-refractivity contribution in [1.29, 1.82) is 0 Å². The van der Waals surface area contributed by atoms with Crippen LogP contribution in [-0.4, -0.2) is 133 Å². The summed E-state index contributed by atoms with van der Waals surface area (Å²) in [7, 11) is -3.76. The molecule has 0 heterocycles. The maximum absolute atomic E-state index is 11.9. The van der Waals surface area contributed by atoms with Crippen LogP contribution in [0.2, 0.25) is 0 Å². The van der Waals surface area contributed by atoms with Crippen molar-refractivity contribution in [2.24, 2.45) is 0 Å². The molecule has 1 aromatic rings. The Hall–Kier alpha value is -1.72. The van der Waals surface area contributed by atoms with Crippen LogP contribution in [-0.2, 0) is 61.7 Å². The number of carbonyl (C=O) groups excluding carboxylic acids is 1. The number of esters is 1. The highest BCUT2D eigenvalue weighted by Crippen LogP contribution is 2.10. The van der Waals surface area contributed by atoms with E-state index in [9.17, 15) is 13.2 Å². The molecule has 0 saturated heterocycles. The topological polar surface area (TPSA) is 144 Å². The quantitative estimate of drug-likeness (QED) is 0.0674. The molecule has 0 bridgehead atoms. The van der Waals surface area contributed by atoms with Crippen molar-refractivity contribution < 1.29 is 60.0 Å². The van der Waals surface area contributed by atoms with E-state index >= 15 is 0 Å². The molecule has 0 aliphatic rings. The van der Waals surface area contributed by atoms with Crippen LogP contribution in [0.5, 0.6) is 0 Å². The summed E-state index contributed by atoms with van der Waals surface area (Å²) in [4.78, 5) is 11.3. The SMILES string of the molecule is CCCC(=O)OCCOCCOCCOCCOCCOCCOCCOCCOCCOS(=O)(=O)c1ccccc1. The summed E-state index contributed by atoms with van der Waals surface area (Å²) in [5, 5.41) is 0. The predicted molar refractivity (Wildman–Crippen MR) is 152 cm³/mol. The fraction of sp³-hybridized carbons (Fsp3) is 0.750. The Morgan fingerprint density at radius 2 is 0.857 bits per heavy atom. The average Bonchev–Trinajstić information content (AvgIpc) is 2.99. The van der Waals surface area contributed by atoms with Crippen LogP contribution in [0.1, 0.15) is 19.8 Å². The zero-order valence-electron chi connectivity index (χ0n) is 24.7. The average molecular weight is 625 g/mol. The lowest BCUT2D eigenvalue weighted by atomic mass is 10.3. The van der Waals surface area contributed by atoms with Crippen molar-refractivity contribution in [3.8, 4) is 0 Å². The van der Waals surface area contributed by atoms with Crippen LogP contribution in [0.4, 0.5) is 0 Å². The molecule has 0 fully saturated rings. The second-order valence-corrected chi connectivity index (χ2v) is 10.1. The summed E-state index contributed by atoms with van der Waals surface area (Å²) >= 11 is 0.